The van der Waals surface area contributed by atoms with Crippen LogP contribution in [0.1, 0.15) is 6.92 Å². The first-order valence-corrected chi connectivity index (χ1v) is 4.04. The molecule has 0 saturated carbocycles. The molecular formula is C2H6HgO3S2. The Hall–Kier alpha value is 1.23. The second-order valence-electron chi connectivity index (χ2n) is 0.834. The van der Waals surface area contributed by atoms with Crippen molar-refractivity contribution in [2.45, 2.75) is 6.92 Å². The first-order chi connectivity index (χ1) is 3.06. The number of rotatable bonds is 2. The Labute approximate surface area is 74.0 Å². The van der Waals surface area contributed by atoms with E-state index in [1.54, 1.807) is 6.92 Å². The Bertz CT molecular complexity index is 128. The Morgan fingerprint density at radius 1 is 1.88 bits per heavy atom. The summed E-state index contributed by atoms with van der Waals surface area (Å²) in [6, 6.07) is 0. The quantitative estimate of drug-likeness (QED) is 0.726. The van der Waals surface area contributed by atoms with E-state index in [2.05, 4.69) is 15.4 Å². The van der Waals surface area contributed by atoms with Gasteiger partial charge in [-0.05, 0) is 6.92 Å². The molecule has 0 amide bonds. The predicted molar refractivity (Wildman–Crippen MR) is 29.8 cm³/mol. The minimum absolute atomic E-state index is 0. The van der Waals surface area contributed by atoms with Crippen LogP contribution >= 0.6 is 0 Å². The van der Waals surface area contributed by atoms with E-state index < -0.39 is 9.05 Å². The van der Waals surface area contributed by atoms with Crippen LogP contribution in [0, 0.1) is 0 Å². The van der Waals surface area contributed by atoms with Gasteiger partial charge in [-0.1, -0.05) is 0 Å². The second kappa shape index (κ2) is 5.05. The summed E-state index contributed by atoms with van der Waals surface area (Å²) in [6.45, 7) is 1.78. The van der Waals surface area contributed by atoms with Crippen LogP contribution in [0.15, 0.2) is 0 Å². The molecule has 0 aliphatic carbocycles. The van der Waals surface area contributed by atoms with E-state index in [9.17, 15) is 4.21 Å². The van der Waals surface area contributed by atoms with Crippen molar-refractivity contribution in [3.63, 3.8) is 0 Å². The molecule has 46 valence electrons. The Balaban J connectivity index is 0. The van der Waals surface area contributed by atoms with E-state index in [1.807, 2.05) is 0 Å². The van der Waals surface area contributed by atoms with Crippen LogP contribution in [-0.2, 0) is 52.1 Å². The zero-order chi connectivity index (χ0) is 5.91. The van der Waals surface area contributed by atoms with Crippen molar-refractivity contribution in [1.82, 2.24) is 0 Å². The van der Waals surface area contributed by atoms with Crippen molar-refractivity contribution >= 4 is 20.2 Å². The van der Waals surface area contributed by atoms with Crippen molar-refractivity contribution in [2.75, 3.05) is 6.61 Å². The van der Waals surface area contributed by atoms with E-state index in [4.69, 9.17) is 4.55 Å². The van der Waals surface area contributed by atoms with Gasteiger partial charge < -0.3 is 0 Å². The summed E-state index contributed by atoms with van der Waals surface area (Å²) in [5, 5.41) is 0. The first-order valence-electron chi connectivity index (χ1n) is 1.68. The minimum atomic E-state index is -3.34. The fraction of sp³-hybridized carbons (Fsp3) is 1.00. The number of hydrogen-bond donors (Lipinski definition) is 1. The van der Waals surface area contributed by atoms with E-state index in [0.717, 1.165) is 0 Å². The van der Waals surface area contributed by atoms with Crippen molar-refractivity contribution < 1.29 is 40.6 Å². The normalized spacial score (nSPS) is 16.2. The average Bonchev–Trinajstić information content (AvgIpc) is 1.30. The third kappa shape index (κ3) is 10.3. The largest absolute Gasteiger partial charge is 0.285 e. The topological polar surface area (TPSA) is 46.5 Å². The van der Waals surface area contributed by atoms with Crippen LogP contribution in [0.2, 0.25) is 0 Å². The summed E-state index contributed by atoms with van der Waals surface area (Å²) in [4.78, 5) is 0. The van der Waals surface area contributed by atoms with Gasteiger partial charge in [0.1, 0.15) is 0 Å². The van der Waals surface area contributed by atoms with Gasteiger partial charge in [0.25, 0.3) is 9.05 Å². The Kier molecular flexibility index (Phi) is 7.54. The van der Waals surface area contributed by atoms with Gasteiger partial charge in [-0.15, -0.1) is 0 Å². The Morgan fingerprint density at radius 3 is 2.25 bits per heavy atom. The van der Waals surface area contributed by atoms with Crippen LogP contribution < -0.4 is 0 Å². The molecular weight excluding hydrogens is 337 g/mol. The van der Waals surface area contributed by atoms with Gasteiger partial charge in [-0.3, -0.25) is 8.74 Å². The van der Waals surface area contributed by atoms with Gasteiger partial charge in [-0.2, -0.15) is 4.21 Å². The first kappa shape index (κ1) is 12.0. The summed E-state index contributed by atoms with van der Waals surface area (Å²) in [7, 11) is -3.34. The van der Waals surface area contributed by atoms with Gasteiger partial charge in [0.05, 0.1) is 6.61 Å². The standard InChI is InChI=1S/C2H6O3S2.Hg/c1-2-5-7(3,4)6;/h2H2,1H3,(H,3,4,6);. The van der Waals surface area contributed by atoms with Crippen LogP contribution in [0.25, 0.3) is 0 Å². The molecule has 0 saturated heterocycles. The molecule has 0 aromatic heterocycles. The van der Waals surface area contributed by atoms with Gasteiger partial charge >= 0.3 is 0 Å². The van der Waals surface area contributed by atoms with Gasteiger partial charge in [-0.25, -0.2) is 0 Å². The second-order valence-corrected chi connectivity index (χ2v) is 3.19. The molecule has 0 fully saturated rings. The summed E-state index contributed by atoms with van der Waals surface area (Å²) < 4.78 is 22.2. The van der Waals surface area contributed by atoms with Crippen molar-refractivity contribution in [1.29, 1.82) is 0 Å². The molecule has 1 unspecified atom stereocenters. The van der Waals surface area contributed by atoms with Crippen LogP contribution in [0.4, 0.5) is 0 Å². The van der Waals surface area contributed by atoms with Crippen LogP contribution in [0.3, 0.4) is 0 Å². The van der Waals surface area contributed by atoms with Crippen molar-refractivity contribution in [3.8, 4) is 0 Å². The molecule has 8 heavy (non-hydrogen) atoms. The van der Waals surface area contributed by atoms with E-state index in [-0.39, 0.29) is 34.3 Å². The monoisotopic (exact) mass is 344 g/mol. The van der Waals surface area contributed by atoms with Gasteiger partial charge in [0.15, 0.2) is 0 Å². The SMILES string of the molecule is CCOS(=O)(O)=S.[Hg]. The van der Waals surface area contributed by atoms with E-state index in [1.165, 1.54) is 0 Å². The summed E-state index contributed by atoms with van der Waals surface area (Å²) >= 11 is 3.95. The number of hydrogen-bond acceptors (Lipinski definition) is 3. The fourth-order valence-electron chi connectivity index (χ4n) is 0.149. The van der Waals surface area contributed by atoms with Crippen LogP contribution in [-0.4, -0.2) is 15.4 Å². The molecule has 1 atom stereocenters. The molecule has 0 aromatic rings. The maximum atomic E-state index is 9.93. The molecule has 0 aromatic carbocycles. The smallest absolute Gasteiger partial charge is 0.266 e. The van der Waals surface area contributed by atoms with E-state index in [0.29, 0.717) is 0 Å². The molecule has 1 N–H and O–H groups in total. The summed E-state index contributed by atoms with van der Waals surface area (Å²) in [6.07, 6.45) is 0. The third-order valence-corrected chi connectivity index (χ3v) is 1.09. The zero-order valence-corrected chi connectivity index (χ0v) is 11.6. The zero-order valence-electron chi connectivity index (χ0n) is 4.49. The predicted octanol–water partition coefficient (Wildman–Crippen LogP) is 0.155. The third-order valence-electron chi connectivity index (χ3n) is 0.267. The van der Waals surface area contributed by atoms with Gasteiger partial charge in [0.2, 0.25) is 0 Å². The molecule has 0 rings (SSSR count). The van der Waals surface area contributed by atoms with Crippen molar-refractivity contribution in [3.05, 3.63) is 0 Å². The molecule has 0 spiro atoms. The maximum absolute atomic E-state index is 9.93. The minimum Gasteiger partial charge on any atom is -0.285 e. The van der Waals surface area contributed by atoms with Crippen LogP contribution in [0.5, 0.6) is 0 Å². The molecule has 0 radical (unpaired) electrons. The molecule has 0 aliphatic heterocycles. The molecule has 0 heterocycles. The maximum Gasteiger partial charge on any atom is 0.266 e. The van der Waals surface area contributed by atoms with Crippen molar-refractivity contribution in [2.24, 2.45) is 0 Å². The summed E-state index contributed by atoms with van der Waals surface area (Å²) in [5.41, 5.74) is 0. The Morgan fingerprint density at radius 2 is 2.25 bits per heavy atom. The van der Waals surface area contributed by atoms with Gasteiger partial charge in [0, 0.05) is 38.9 Å². The molecule has 3 nitrogen and oxygen atoms in total. The molecule has 0 bridgehead atoms. The van der Waals surface area contributed by atoms with E-state index >= 15 is 0 Å². The average molecular weight is 343 g/mol. The summed E-state index contributed by atoms with van der Waals surface area (Å²) in [5.74, 6) is 0. The molecule has 6 heteroatoms. The molecule has 0 aliphatic rings. The fourth-order valence-corrected chi connectivity index (χ4v) is 0.735.